The summed E-state index contributed by atoms with van der Waals surface area (Å²) in [5, 5.41) is 0. The van der Waals surface area contributed by atoms with E-state index in [0.29, 0.717) is 5.56 Å². The van der Waals surface area contributed by atoms with Gasteiger partial charge in [0.15, 0.2) is 0 Å². The van der Waals surface area contributed by atoms with Gasteiger partial charge in [0.05, 0.1) is 13.2 Å². The largest absolute Gasteiger partial charge is 0.549 e. The number of esters is 1. The summed E-state index contributed by atoms with van der Waals surface area (Å²) in [6, 6.07) is 4.31. The summed E-state index contributed by atoms with van der Waals surface area (Å²) in [5.74, 6) is -0.780. The smallest absolute Gasteiger partial charge is 0.458 e. The Balaban J connectivity index is 2.58. The van der Waals surface area contributed by atoms with Gasteiger partial charge in [0.2, 0.25) is 11.5 Å². The highest BCUT2D eigenvalue weighted by molar-refractivity contribution is 5.87. The first-order chi connectivity index (χ1) is 21.5. The standard InChI is InChI=1S/C35H48O10/c1-8-39-34(37)44-42-31-21-19-30(25-32(31)43-45-35(38)40-9-2)20-22-33(36)41-24-23-29(7)18-12-17-28(6)16-11-15-27(5)14-10-13-26(3)4/h13,15,17,19-23,25H,8-12,14,16,18,24H2,1-7H3/b22-20+,27-15+,28-17+,29-23+. The van der Waals surface area contributed by atoms with E-state index in [1.54, 1.807) is 19.9 Å². The molecule has 0 aromatic heterocycles. The van der Waals surface area contributed by atoms with Crippen molar-refractivity contribution in [2.75, 3.05) is 19.8 Å². The lowest BCUT2D eigenvalue weighted by Crippen LogP contribution is -2.12. The fourth-order valence-electron chi connectivity index (χ4n) is 3.67. The number of benzene rings is 1. The van der Waals surface area contributed by atoms with Crippen molar-refractivity contribution >= 4 is 24.4 Å². The number of hydrogen-bond acceptors (Lipinski definition) is 10. The molecule has 0 aliphatic rings. The molecule has 0 radical (unpaired) electrons. The molecule has 0 N–H and O–H groups in total. The Morgan fingerprint density at radius 2 is 1.16 bits per heavy atom. The molecule has 0 fully saturated rings. The molecule has 0 atom stereocenters. The molecule has 0 spiro atoms. The molecule has 0 bridgehead atoms. The third-order valence-corrected chi connectivity index (χ3v) is 6.11. The molecule has 0 aliphatic carbocycles. The molecule has 0 aliphatic heterocycles. The highest BCUT2D eigenvalue weighted by Crippen LogP contribution is 2.30. The van der Waals surface area contributed by atoms with Crippen LogP contribution in [-0.4, -0.2) is 38.1 Å². The van der Waals surface area contributed by atoms with E-state index in [4.69, 9.17) is 14.5 Å². The summed E-state index contributed by atoms with van der Waals surface area (Å²) in [5.41, 5.74) is 5.79. The first-order valence-electron chi connectivity index (χ1n) is 15.2. The van der Waals surface area contributed by atoms with Crippen LogP contribution in [0, 0.1) is 0 Å². The molecular weight excluding hydrogens is 580 g/mol. The molecule has 45 heavy (non-hydrogen) atoms. The quantitative estimate of drug-likeness (QED) is 0.0366. The van der Waals surface area contributed by atoms with E-state index in [-0.39, 0.29) is 31.3 Å². The minimum Gasteiger partial charge on any atom is -0.458 e. The van der Waals surface area contributed by atoms with Crippen LogP contribution in [-0.2, 0) is 28.8 Å². The van der Waals surface area contributed by atoms with E-state index < -0.39 is 18.3 Å². The molecular formula is C35H48O10. The SMILES string of the molecule is CCOC(=O)OOc1ccc(/C=C/C(=O)OC/C=C(\C)CC/C=C(\C)CC/C=C(\C)CCC=C(C)C)cc1OOC(=O)OCC. The van der Waals surface area contributed by atoms with Gasteiger partial charge in [0.1, 0.15) is 6.61 Å². The van der Waals surface area contributed by atoms with Gasteiger partial charge in [-0.1, -0.05) is 46.6 Å². The normalized spacial score (nSPS) is 11.9. The van der Waals surface area contributed by atoms with Crippen LogP contribution < -0.4 is 9.78 Å². The summed E-state index contributed by atoms with van der Waals surface area (Å²) in [4.78, 5) is 54.2. The van der Waals surface area contributed by atoms with Crippen molar-refractivity contribution < 1.29 is 48.1 Å². The highest BCUT2D eigenvalue weighted by atomic mass is 17.3. The van der Waals surface area contributed by atoms with Crippen LogP contribution in [0.2, 0.25) is 0 Å². The Morgan fingerprint density at radius 3 is 1.69 bits per heavy atom. The monoisotopic (exact) mass is 628 g/mol. The van der Waals surface area contributed by atoms with Crippen LogP contribution in [0.3, 0.4) is 0 Å². The number of rotatable bonds is 19. The fourth-order valence-corrected chi connectivity index (χ4v) is 3.67. The van der Waals surface area contributed by atoms with Crippen molar-refractivity contribution in [3.8, 4) is 11.5 Å². The van der Waals surface area contributed by atoms with Crippen molar-refractivity contribution in [1.29, 1.82) is 0 Å². The second-order valence-electron chi connectivity index (χ2n) is 10.4. The Hall–Kier alpha value is -4.47. The molecule has 248 valence electrons. The maximum absolute atomic E-state index is 12.2. The highest BCUT2D eigenvalue weighted by Gasteiger charge is 2.15. The average Bonchev–Trinajstić information content (AvgIpc) is 2.98. The van der Waals surface area contributed by atoms with Crippen LogP contribution in [0.15, 0.2) is 70.9 Å². The van der Waals surface area contributed by atoms with Crippen LogP contribution >= 0.6 is 0 Å². The van der Waals surface area contributed by atoms with Crippen molar-refractivity contribution in [3.05, 3.63) is 76.4 Å². The second-order valence-corrected chi connectivity index (χ2v) is 10.4. The van der Waals surface area contributed by atoms with Gasteiger partial charge in [-0.05, 0) is 117 Å². The van der Waals surface area contributed by atoms with E-state index in [1.165, 1.54) is 41.0 Å². The Kier molecular flexibility index (Phi) is 19.7. The Morgan fingerprint density at radius 1 is 0.644 bits per heavy atom. The number of carbonyl (C=O) groups is 3. The summed E-state index contributed by atoms with van der Waals surface area (Å²) >= 11 is 0. The van der Waals surface area contributed by atoms with Crippen molar-refractivity contribution in [2.45, 2.75) is 87.0 Å². The summed E-state index contributed by atoms with van der Waals surface area (Å²) in [6.45, 7) is 14.1. The van der Waals surface area contributed by atoms with E-state index in [9.17, 15) is 14.4 Å². The minimum atomic E-state index is -1.09. The first-order valence-corrected chi connectivity index (χ1v) is 15.2. The lowest BCUT2D eigenvalue weighted by atomic mass is 10.0. The number of carbonyl (C=O) groups excluding carboxylic acids is 3. The number of ether oxygens (including phenoxy) is 3. The molecule has 1 aromatic carbocycles. The molecule has 0 amide bonds. The van der Waals surface area contributed by atoms with Gasteiger partial charge in [0, 0.05) is 6.08 Å². The van der Waals surface area contributed by atoms with Crippen LogP contribution in [0.5, 0.6) is 11.5 Å². The predicted octanol–water partition coefficient (Wildman–Crippen LogP) is 9.32. The van der Waals surface area contributed by atoms with Gasteiger partial charge in [-0.15, -0.1) is 0 Å². The number of hydrogen-bond donors (Lipinski definition) is 0. The van der Waals surface area contributed by atoms with Crippen molar-refractivity contribution in [1.82, 2.24) is 0 Å². The molecule has 0 saturated heterocycles. The molecule has 0 saturated carbocycles. The average molecular weight is 629 g/mol. The lowest BCUT2D eigenvalue weighted by Gasteiger charge is -2.10. The summed E-state index contributed by atoms with van der Waals surface area (Å²) < 4.78 is 14.6. The molecule has 1 aromatic rings. The molecule has 10 heteroatoms. The van der Waals surface area contributed by atoms with Gasteiger partial charge >= 0.3 is 18.3 Å². The number of allylic oxidation sites excluding steroid dienone is 7. The molecule has 1 rings (SSSR count). The van der Waals surface area contributed by atoms with E-state index in [0.717, 1.165) is 44.1 Å². The van der Waals surface area contributed by atoms with Gasteiger partial charge < -0.3 is 14.2 Å². The van der Waals surface area contributed by atoms with Crippen LogP contribution in [0.4, 0.5) is 9.59 Å². The Bertz CT molecular complexity index is 1230. The van der Waals surface area contributed by atoms with Gasteiger partial charge in [-0.25, -0.2) is 14.6 Å². The van der Waals surface area contributed by atoms with Gasteiger partial charge in [0.25, 0.3) is 0 Å². The van der Waals surface area contributed by atoms with E-state index >= 15 is 0 Å². The maximum Gasteiger partial charge on any atom is 0.549 e. The van der Waals surface area contributed by atoms with Crippen molar-refractivity contribution in [2.24, 2.45) is 0 Å². The van der Waals surface area contributed by atoms with E-state index in [1.807, 2.05) is 13.0 Å². The van der Waals surface area contributed by atoms with Gasteiger partial charge in [-0.3, -0.25) is 9.78 Å². The zero-order valence-electron chi connectivity index (χ0n) is 27.6. The predicted molar refractivity (Wildman–Crippen MR) is 172 cm³/mol. The Labute approximate surface area is 267 Å². The molecule has 10 nitrogen and oxygen atoms in total. The molecule has 0 unspecified atom stereocenters. The van der Waals surface area contributed by atoms with Crippen LogP contribution in [0.1, 0.15) is 92.6 Å². The van der Waals surface area contributed by atoms with E-state index in [2.05, 4.69) is 65.2 Å². The minimum absolute atomic E-state index is 0.0728. The third-order valence-electron chi connectivity index (χ3n) is 6.11. The lowest BCUT2D eigenvalue weighted by molar-refractivity contribution is -0.188. The van der Waals surface area contributed by atoms with Gasteiger partial charge in [-0.2, -0.15) is 9.59 Å². The van der Waals surface area contributed by atoms with Crippen LogP contribution in [0.25, 0.3) is 6.08 Å². The summed E-state index contributed by atoms with van der Waals surface area (Å²) in [6.07, 6.45) is 15.5. The molecule has 0 heterocycles. The van der Waals surface area contributed by atoms with Crippen molar-refractivity contribution in [3.63, 3.8) is 0 Å². The first kappa shape index (κ1) is 38.6. The zero-order valence-corrected chi connectivity index (χ0v) is 27.6. The fraction of sp³-hybridized carbons (Fsp3) is 0.457. The second kappa shape index (κ2) is 23.0. The topological polar surface area (TPSA) is 116 Å². The zero-order chi connectivity index (χ0) is 33.5. The maximum atomic E-state index is 12.2. The third kappa shape index (κ3) is 19.4. The summed E-state index contributed by atoms with van der Waals surface area (Å²) in [7, 11) is 0.